The van der Waals surface area contributed by atoms with Crippen LogP contribution in [0.25, 0.3) is 10.1 Å². The Bertz CT molecular complexity index is 1030. The van der Waals surface area contributed by atoms with Crippen LogP contribution in [-0.2, 0) is 4.74 Å². The summed E-state index contributed by atoms with van der Waals surface area (Å²) in [6, 6.07) is 10.2. The van der Waals surface area contributed by atoms with Gasteiger partial charge in [-0.1, -0.05) is 18.2 Å². The van der Waals surface area contributed by atoms with Gasteiger partial charge in [-0.3, -0.25) is 4.79 Å². The van der Waals surface area contributed by atoms with Gasteiger partial charge in [0.1, 0.15) is 17.7 Å². The fraction of sp³-hybridized carbons (Fsp3) is 0.409. The molecule has 0 bridgehead atoms. The first-order valence-electron chi connectivity index (χ1n) is 9.93. The zero-order valence-corrected chi connectivity index (χ0v) is 18.0. The van der Waals surface area contributed by atoms with Crippen molar-refractivity contribution in [1.82, 2.24) is 15.3 Å². The van der Waals surface area contributed by atoms with Crippen molar-refractivity contribution in [3.05, 3.63) is 52.3 Å². The number of nitrogens with one attached hydrogen (secondary N) is 1. The molecule has 0 spiro atoms. The molecule has 1 aromatic carbocycles. The van der Waals surface area contributed by atoms with Crippen LogP contribution in [-0.4, -0.2) is 41.6 Å². The first kappa shape index (κ1) is 19.8. The quantitative estimate of drug-likeness (QED) is 0.704. The molecule has 6 nitrogen and oxygen atoms in total. The normalized spacial score (nSPS) is 17.1. The highest BCUT2D eigenvalue weighted by atomic mass is 32.1. The molecule has 3 heterocycles. The van der Waals surface area contributed by atoms with Crippen LogP contribution in [0.15, 0.2) is 30.3 Å². The van der Waals surface area contributed by atoms with Gasteiger partial charge in [0.05, 0.1) is 11.5 Å². The molecule has 1 aliphatic rings. The highest BCUT2D eigenvalue weighted by Gasteiger charge is 2.30. The molecule has 1 aliphatic heterocycles. The minimum atomic E-state index is -0.191. The van der Waals surface area contributed by atoms with Gasteiger partial charge in [0.25, 0.3) is 5.91 Å². The average molecular weight is 411 g/mol. The molecule has 152 valence electrons. The first-order chi connectivity index (χ1) is 13.9. The van der Waals surface area contributed by atoms with E-state index in [0.717, 1.165) is 44.4 Å². The number of amides is 1. The standard InChI is InChI=1S/C22H26N4O2S/c1-13(2)23-22(27)21-20(16-7-5-6-8-18(16)29-21)17-12-26(9-10-28-17)19-11-14(3)24-15(4)25-19/h5-8,11,13,17H,9-10,12H2,1-4H3,(H,23,27). The lowest BCUT2D eigenvalue weighted by molar-refractivity contribution is 0.0399. The molecule has 4 rings (SSSR count). The number of hydrogen-bond donors (Lipinski definition) is 1. The molecule has 1 saturated heterocycles. The molecular weight excluding hydrogens is 384 g/mol. The maximum atomic E-state index is 12.9. The Morgan fingerprint density at radius 1 is 1.28 bits per heavy atom. The number of anilines is 1. The third-order valence-corrected chi connectivity index (χ3v) is 6.11. The number of ether oxygens (including phenoxy) is 1. The van der Waals surface area contributed by atoms with E-state index in [2.05, 4.69) is 32.3 Å². The summed E-state index contributed by atoms with van der Waals surface area (Å²) < 4.78 is 7.28. The maximum Gasteiger partial charge on any atom is 0.261 e. The molecule has 2 aromatic heterocycles. The van der Waals surface area contributed by atoms with Crippen LogP contribution in [0.4, 0.5) is 5.82 Å². The molecular formula is C22H26N4O2S. The maximum absolute atomic E-state index is 12.9. The number of hydrogen-bond acceptors (Lipinski definition) is 6. The van der Waals surface area contributed by atoms with E-state index in [4.69, 9.17) is 4.74 Å². The number of rotatable bonds is 4. The number of fused-ring (bicyclic) bond motifs is 1. The van der Waals surface area contributed by atoms with E-state index in [0.29, 0.717) is 13.2 Å². The molecule has 7 heteroatoms. The van der Waals surface area contributed by atoms with Crippen molar-refractivity contribution in [3.8, 4) is 0 Å². The molecule has 1 N–H and O–H groups in total. The summed E-state index contributed by atoms with van der Waals surface area (Å²) in [6.07, 6.45) is -0.191. The summed E-state index contributed by atoms with van der Waals surface area (Å²) in [6.45, 7) is 9.85. The average Bonchev–Trinajstić information content (AvgIpc) is 3.06. The Morgan fingerprint density at radius 2 is 2.07 bits per heavy atom. The molecule has 1 atom stereocenters. The van der Waals surface area contributed by atoms with Crippen LogP contribution in [0.1, 0.15) is 46.7 Å². The summed E-state index contributed by atoms with van der Waals surface area (Å²) >= 11 is 1.53. The van der Waals surface area contributed by atoms with Crippen molar-refractivity contribution < 1.29 is 9.53 Å². The topological polar surface area (TPSA) is 67.3 Å². The van der Waals surface area contributed by atoms with E-state index in [1.165, 1.54) is 11.3 Å². The van der Waals surface area contributed by atoms with Crippen LogP contribution < -0.4 is 10.2 Å². The van der Waals surface area contributed by atoms with Crippen LogP contribution in [0.3, 0.4) is 0 Å². The van der Waals surface area contributed by atoms with Gasteiger partial charge >= 0.3 is 0 Å². The zero-order chi connectivity index (χ0) is 20.5. The van der Waals surface area contributed by atoms with Crippen LogP contribution in [0.2, 0.25) is 0 Å². The van der Waals surface area contributed by atoms with Gasteiger partial charge in [-0.25, -0.2) is 9.97 Å². The SMILES string of the molecule is Cc1cc(N2CCOC(c3c(C(=O)NC(C)C)sc4ccccc34)C2)nc(C)n1. The Kier molecular flexibility index (Phi) is 5.52. The number of carbonyl (C=O) groups excluding carboxylic acids is 1. The number of nitrogens with zero attached hydrogens (tertiary/aromatic N) is 3. The first-order valence-corrected chi connectivity index (χ1v) is 10.7. The fourth-order valence-corrected chi connectivity index (χ4v) is 4.93. The predicted octanol–water partition coefficient (Wildman–Crippen LogP) is 4.02. The Hall–Kier alpha value is -2.51. The van der Waals surface area contributed by atoms with Crippen molar-refractivity contribution in [1.29, 1.82) is 0 Å². The zero-order valence-electron chi connectivity index (χ0n) is 17.2. The van der Waals surface area contributed by atoms with Crippen LogP contribution in [0, 0.1) is 13.8 Å². The molecule has 0 aliphatic carbocycles. The van der Waals surface area contributed by atoms with E-state index in [-0.39, 0.29) is 18.1 Å². The summed E-state index contributed by atoms with van der Waals surface area (Å²) in [5.41, 5.74) is 1.93. The number of aryl methyl sites for hydroxylation is 2. The highest BCUT2D eigenvalue weighted by molar-refractivity contribution is 7.21. The van der Waals surface area contributed by atoms with Crippen molar-refractivity contribution in [2.45, 2.75) is 39.8 Å². The van der Waals surface area contributed by atoms with E-state index < -0.39 is 0 Å². The Morgan fingerprint density at radius 3 is 2.83 bits per heavy atom. The number of carbonyl (C=O) groups is 1. The number of aromatic nitrogens is 2. The smallest absolute Gasteiger partial charge is 0.261 e. The van der Waals surface area contributed by atoms with Crippen LogP contribution in [0.5, 0.6) is 0 Å². The van der Waals surface area contributed by atoms with E-state index in [1.807, 2.05) is 45.9 Å². The van der Waals surface area contributed by atoms with Crippen molar-refractivity contribution in [3.63, 3.8) is 0 Å². The molecule has 0 saturated carbocycles. The summed E-state index contributed by atoms with van der Waals surface area (Å²) in [7, 11) is 0. The minimum absolute atomic E-state index is 0.0364. The number of morpholine rings is 1. The van der Waals surface area contributed by atoms with Gasteiger partial charge in [0.15, 0.2) is 0 Å². The lowest BCUT2D eigenvalue weighted by Crippen LogP contribution is -2.39. The third-order valence-electron chi connectivity index (χ3n) is 4.92. The fourth-order valence-electron chi connectivity index (χ4n) is 3.77. The van der Waals surface area contributed by atoms with Crippen molar-refractivity contribution >= 4 is 33.1 Å². The van der Waals surface area contributed by atoms with Gasteiger partial charge < -0.3 is 15.0 Å². The second-order valence-corrected chi connectivity index (χ2v) is 8.74. The monoisotopic (exact) mass is 410 g/mol. The molecule has 1 fully saturated rings. The molecule has 3 aromatic rings. The van der Waals surface area contributed by atoms with Gasteiger partial charge in [-0.2, -0.15) is 0 Å². The molecule has 1 amide bonds. The highest BCUT2D eigenvalue weighted by Crippen LogP contribution is 2.38. The van der Waals surface area contributed by atoms with Gasteiger partial charge in [0.2, 0.25) is 0 Å². The third kappa shape index (κ3) is 4.11. The lowest BCUT2D eigenvalue weighted by Gasteiger charge is -2.34. The molecule has 0 radical (unpaired) electrons. The summed E-state index contributed by atoms with van der Waals surface area (Å²) in [5, 5.41) is 4.13. The second kappa shape index (κ2) is 8.08. The van der Waals surface area contributed by atoms with Crippen molar-refractivity contribution in [2.75, 3.05) is 24.6 Å². The van der Waals surface area contributed by atoms with E-state index >= 15 is 0 Å². The number of benzene rings is 1. The molecule has 1 unspecified atom stereocenters. The van der Waals surface area contributed by atoms with Gasteiger partial charge in [0, 0.05) is 41.2 Å². The van der Waals surface area contributed by atoms with Crippen molar-refractivity contribution in [2.24, 2.45) is 0 Å². The second-order valence-electron chi connectivity index (χ2n) is 7.69. The number of thiophene rings is 1. The van der Waals surface area contributed by atoms with E-state index in [1.54, 1.807) is 0 Å². The predicted molar refractivity (Wildman–Crippen MR) is 117 cm³/mol. The Balaban J connectivity index is 1.72. The summed E-state index contributed by atoms with van der Waals surface area (Å²) in [5.74, 6) is 1.64. The minimum Gasteiger partial charge on any atom is -0.370 e. The van der Waals surface area contributed by atoms with E-state index in [9.17, 15) is 4.79 Å². The Labute approximate surface area is 174 Å². The van der Waals surface area contributed by atoms with Gasteiger partial charge in [-0.15, -0.1) is 11.3 Å². The van der Waals surface area contributed by atoms with Gasteiger partial charge in [-0.05, 0) is 39.1 Å². The van der Waals surface area contributed by atoms with Crippen LogP contribution >= 0.6 is 11.3 Å². The summed E-state index contributed by atoms with van der Waals surface area (Å²) in [4.78, 5) is 24.9. The lowest BCUT2D eigenvalue weighted by atomic mass is 10.0. The largest absolute Gasteiger partial charge is 0.370 e. The molecule has 29 heavy (non-hydrogen) atoms.